The molecule has 0 fully saturated rings. The fraction of sp³-hybridized carbons (Fsp3) is 0.429. The van der Waals surface area contributed by atoms with Crippen molar-refractivity contribution in [3.8, 4) is 12.3 Å². The molecule has 11 heavy (non-hydrogen) atoms. The highest BCUT2D eigenvalue weighted by Crippen LogP contribution is 1.83. The molecule has 0 atom stereocenters. The standard InChI is InChI=1S/C7H9NO3/c1-4-5-11-7(10)6(9)8(2)3/h1H,5H2,2-3H3. The molecule has 0 bridgehead atoms. The van der Waals surface area contributed by atoms with E-state index in [0.717, 1.165) is 4.90 Å². The number of terminal acetylenes is 1. The SMILES string of the molecule is C#CCOC(=O)C(=O)N(C)C. The van der Waals surface area contributed by atoms with Gasteiger partial charge in [0.25, 0.3) is 0 Å². The van der Waals surface area contributed by atoms with Crippen LogP contribution in [0.4, 0.5) is 0 Å². The van der Waals surface area contributed by atoms with E-state index in [0.29, 0.717) is 0 Å². The molecule has 0 N–H and O–H groups in total. The van der Waals surface area contributed by atoms with E-state index in [1.54, 1.807) is 0 Å². The Morgan fingerprint density at radius 3 is 2.45 bits per heavy atom. The fourth-order valence-corrected chi connectivity index (χ4v) is 0.352. The molecule has 0 aromatic heterocycles. The average Bonchev–Trinajstić information content (AvgIpc) is 1.98. The Bertz CT molecular complexity index is 202. The molecule has 0 aliphatic carbocycles. The minimum Gasteiger partial charge on any atom is -0.445 e. The topological polar surface area (TPSA) is 46.6 Å². The predicted octanol–water partition coefficient (Wildman–Crippen LogP) is -0.749. The monoisotopic (exact) mass is 155 g/mol. The molecule has 0 spiro atoms. The van der Waals surface area contributed by atoms with Crippen LogP contribution in [0.15, 0.2) is 0 Å². The summed E-state index contributed by atoms with van der Waals surface area (Å²) in [6, 6.07) is 0. The molecule has 0 radical (unpaired) electrons. The second kappa shape index (κ2) is 4.34. The number of hydrogen-bond donors (Lipinski definition) is 0. The Morgan fingerprint density at radius 2 is 2.09 bits per heavy atom. The van der Waals surface area contributed by atoms with Gasteiger partial charge in [0.1, 0.15) is 0 Å². The number of esters is 1. The number of amides is 1. The van der Waals surface area contributed by atoms with Gasteiger partial charge in [-0.2, -0.15) is 0 Å². The molecule has 4 heteroatoms. The number of nitrogens with zero attached hydrogens (tertiary/aromatic N) is 1. The van der Waals surface area contributed by atoms with Crippen LogP contribution in [0.2, 0.25) is 0 Å². The minimum absolute atomic E-state index is 0.168. The molecule has 0 rings (SSSR count). The van der Waals surface area contributed by atoms with Crippen molar-refractivity contribution in [2.75, 3.05) is 20.7 Å². The first-order chi connectivity index (χ1) is 5.09. The second-order valence-corrected chi connectivity index (χ2v) is 1.98. The predicted molar refractivity (Wildman–Crippen MR) is 38.5 cm³/mol. The average molecular weight is 155 g/mol. The number of carbonyl (C=O) groups excluding carboxylic acids is 2. The van der Waals surface area contributed by atoms with Crippen molar-refractivity contribution in [3.05, 3.63) is 0 Å². The number of likely N-dealkylation sites (N-methyl/N-ethyl adjacent to an activating group) is 1. The summed E-state index contributed by atoms with van der Waals surface area (Å²) in [7, 11) is 2.92. The van der Waals surface area contributed by atoms with Crippen molar-refractivity contribution < 1.29 is 14.3 Å². The van der Waals surface area contributed by atoms with Gasteiger partial charge in [0.05, 0.1) is 0 Å². The molecular formula is C7H9NO3. The summed E-state index contributed by atoms with van der Waals surface area (Å²) in [6.45, 7) is -0.168. The first kappa shape index (κ1) is 9.50. The molecule has 0 aliphatic rings. The van der Waals surface area contributed by atoms with Gasteiger partial charge in [0.15, 0.2) is 6.61 Å². The molecule has 0 unspecified atom stereocenters. The van der Waals surface area contributed by atoms with Crippen molar-refractivity contribution in [1.82, 2.24) is 4.90 Å². The lowest BCUT2D eigenvalue weighted by Gasteiger charge is -2.07. The summed E-state index contributed by atoms with van der Waals surface area (Å²) in [5.41, 5.74) is 0. The highest BCUT2D eigenvalue weighted by atomic mass is 16.5. The molecule has 0 aromatic rings. The van der Waals surface area contributed by atoms with Gasteiger partial charge in [0, 0.05) is 14.1 Å². The molecule has 60 valence electrons. The number of carbonyl (C=O) groups is 2. The van der Waals surface area contributed by atoms with Crippen molar-refractivity contribution >= 4 is 11.9 Å². The third-order valence-corrected chi connectivity index (χ3v) is 0.867. The van der Waals surface area contributed by atoms with Gasteiger partial charge >= 0.3 is 11.9 Å². The maximum Gasteiger partial charge on any atom is 0.397 e. The molecular weight excluding hydrogens is 146 g/mol. The zero-order chi connectivity index (χ0) is 8.85. The smallest absolute Gasteiger partial charge is 0.397 e. The highest BCUT2D eigenvalue weighted by molar-refractivity contribution is 6.32. The van der Waals surface area contributed by atoms with Crippen LogP contribution in [0.3, 0.4) is 0 Å². The van der Waals surface area contributed by atoms with E-state index in [1.165, 1.54) is 14.1 Å². The molecule has 4 nitrogen and oxygen atoms in total. The van der Waals surface area contributed by atoms with Crippen LogP contribution >= 0.6 is 0 Å². The van der Waals surface area contributed by atoms with Crippen molar-refractivity contribution in [2.45, 2.75) is 0 Å². The minimum atomic E-state index is -0.923. The van der Waals surface area contributed by atoms with Crippen molar-refractivity contribution in [1.29, 1.82) is 0 Å². The lowest BCUT2D eigenvalue weighted by molar-refractivity contribution is -0.157. The largest absolute Gasteiger partial charge is 0.445 e. The van der Waals surface area contributed by atoms with E-state index < -0.39 is 11.9 Å². The molecule has 0 aliphatic heterocycles. The first-order valence-electron chi connectivity index (χ1n) is 2.91. The molecule has 0 heterocycles. The van der Waals surface area contributed by atoms with Gasteiger partial charge in [-0.1, -0.05) is 5.92 Å². The molecule has 0 aromatic carbocycles. The third kappa shape index (κ3) is 3.26. The number of rotatable bonds is 1. The Labute approximate surface area is 65.1 Å². The van der Waals surface area contributed by atoms with Gasteiger partial charge in [0.2, 0.25) is 0 Å². The lowest BCUT2D eigenvalue weighted by atomic mass is 10.5. The van der Waals surface area contributed by atoms with Crippen LogP contribution in [-0.2, 0) is 14.3 Å². The summed E-state index contributed by atoms with van der Waals surface area (Å²) < 4.78 is 4.35. The molecule has 0 saturated carbocycles. The van der Waals surface area contributed by atoms with Gasteiger partial charge in [-0.3, -0.25) is 4.79 Å². The van der Waals surface area contributed by atoms with E-state index in [-0.39, 0.29) is 6.61 Å². The van der Waals surface area contributed by atoms with Crippen LogP contribution < -0.4 is 0 Å². The Kier molecular flexibility index (Phi) is 3.75. The van der Waals surface area contributed by atoms with Gasteiger partial charge in [-0.25, -0.2) is 4.79 Å². The quantitative estimate of drug-likeness (QED) is 0.284. The maximum atomic E-state index is 10.7. The van der Waals surface area contributed by atoms with Gasteiger partial charge in [-0.05, 0) is 0 Å². The van der Waals surface area contributed by atoms with E-state index in [1.807, 2.05) is 0 Å². The fourth-order valence-electron chi connectivity index (χ4n) is 0.352. The summed E-state index contributed by atoms with van der Waals surface area (Å²) >= 11 is 0. The maximum absolute atomic E-state index is 10.7. The zero-order valence-corrected chi connectivity index (χ0v) is 6.46. The van der Waals surface area contributed by atoms with Crippen LogP contribution in [0.5, 0.6) is 0 Å². The molecule has 1 amide bonds. The summed E-state index contributed by atoms with van der Waals surface area (Å²) in [5.74, 6) is 0.447. The summed E-state index contributed by atoms with van der Waals surface area (Å²) in [4.78, 5) is 22.5. The van der Waals surface area contributed by atoms with E-state index in [2.05, 4.69) is 10.7 Å². The van der Waals surface area contributed by atoms with E-state index >= 15 is 0 Å². The first-order valence-corrected chi connectivity index (χ1v) is 2.91. The Hall–Kier alpha value is -1.50. The van der Waals surface area contributed by atoms with Crippen LogP contribution in [-0.4, -0.2) is 37.5 Å². The van der Waals surface area contributed by atoms with Crippen LogP contribution in [0, 0.1) is 12.3 Å². The number of ether oxygens (including phenoxy) is 1. The summed E-state index contributed by atoms with van der Waals surface area (Å²) in [6.07, 6.45) is 4.80. The van der Waals surface area contributed by atoms with Crippen molar-refractivity contribution in [3.63, 3.8) is 0 Å². The number of hydrogen-bond acceptors (Lipinski definition) is 3. The van der Waals surface area contributed by atoms with Crippen molar-refractivity contribution in [2.24, 2.45) is 0 Å². The van der Waals surface area contributed by atoms with Crippen LogP contribution in [0.25, 0.3) is 0 Å². The Morgan fingerprint density at radius 1 is 1.55 bits per heavy atom. The van der Waals surface area contributed by atoms with Gasteiger partial charge in [-0.15, -0.1) is 6.42 Å². The normalized spacial score (nSPS) is 8.09. The molecule has 0 saturated heterocycles. The van der Waals surface area contributed by atoms with E-state index in [9.17, 15) is 9.59 Å². The third-order valence-electron chi connectivity index (χ3n) is 0.867. The Balaban J connectivity index is 3.86. The highest BCUT2D eigenvalue weighted by Gasteiger charge is 2.16. The lowest BCUT2D eigenvalue weighted by Crippen LogP contribution is -2.31. The summed E-state index contributed by atoms with van der Waals surface area (Å²) in [5, 5.41) is 0. The zero-order valence-electron chi connectivity index (χ0n) is 6.46. The van der Waals surface area contributed by atoms with E-state index in [4.69, 9.17) is 6.42 Å². The van der Waals surface area contributed by atoms with Gasteiger partial charge < -0.3 is 9.64 Å². The second-order valence-electron chi connectivity index (χ2n) is 1.98. The van der Waals surface area contributed by atoms with Crippen LogP contribution in [0.1, 0.15) is 0 Å².